The molecule has 2 N–H and O–H groups in total. The van der Waals surface area contributed by atoms with Gasteiger partial charge in [-0.2, -0.15) is 5.10 Å². The largest absolute Gasteiger partial charge is 0.508 e. The Balaban J connectivity index is 1.93. The van der Waals surface area contributed by atoms with Crippen molar-refractivity contribution in [2.75, 3.05) is 5.32 Å². The number of hydrogen-bond acceptors (Lipinski definition) is 4. The molecule has 4 rings (SSSR count). The van der Waals surface area contributed by atoms with E-state index in [0.29, 0.717) is 0 Å². The zero-order valence-electron chi connectivity index (χ0n) is 15.4. The molecule has 138 valence electrons. The van der Waals surface area contributed by atoms with E-state index in [4.69, 9.17) is 5.10 Å². The van der Waals surface area contributed by atoms with Crippen LogP contribution in [0, 0.1) is 13.8 Å². The van der Waals surface area contributed by atoms with Gasteiger partial charge in [-0.25, -0.2) is 4.68 Å². The van der Waals surface area contributed by atoms with Gasteiger partial charge >= 0.3 is 0 Å². The van der Waals surface area contributed by atoms with Gasteiger partial charge in [0.1, 0.15) is 11.6 Å². The molecule has 2 atom stereocenters. The van der Waals surface area contributed by atoms with Crippen LogP contribution in [0.2, 0.25) is 0 Å². The van der Waals surface area contributed by atoms with Crippen LogP contribution in [0.25, 0.3) is 5.69 Å². The summed E-state index contributed by atoms with van der Waals surface area (Å²) in [5.41, 5.74) is 4.96. The molecule has 2 unspecified atom stereocenters. The third-order valence-electron chi connectivity index (χ3n) is 4.86. The van der Waals surface area contributed by atoms with Gasteiger partial charge in [-0.05, 0) is 50.1 Å². The summed E-state index contributed by atoms with van der Waals surface area (Å²) in [5, 5.41) is 17.2. The predicted octanol–water partition coefficient (Wildman–Crippen LogP) is 4.36. The quantitative estimate of drug-likeness (QED) is 0.694. The molecule has 0 aliphatic carbocycles. The van der Waals surface area contributed by atoms with E-state index in [2.05, 4.69) is 5.32 Å². The van der Waals surface area contributed by atoms with E-state index in [1.807, 2.05) is 61.9 Å². The molecule has 6 heteroatoms. The van der Waals surface area contributed by atoms with Crippen LogP contribution in [0.5, 0.6) is 5.75 Å². The van der Waals surface area contributed by atoms with E-state index < -0.39 is 0 Å². The Kier molecular flexibility index (Phi) is 4.44. The first-order valence-electron chi connectivity index (χ1n) is 8.86. The molecule has 0 spiro atoms. The number of amides is 1. The number of phenolic OH excluding ortho intramolecular Hbond substituents is 1. The standard InChI is InChI=1S/C21H21N3O2S/c1-12-6-4-5-7-17(12)24-20-18(13(2)23-24)19(27-14(3)21(26)22-20)15-8-10-16(25)11-9-15/h4-11,14,19,25H,1-3H3,(H,22,26). The van der Waals surface area contributed by atoms with Crippen molar-refractivity contribution >= 4 is 23.5 Å². The molecule has 2 heterocycles. The van der Waals surface area contributed by atoms with Crippen molar-refractivity contribution in [3.05, 3.63) is 70.9 Å². The highest BCUT2D eigenvalue weighted by molar-refractivity contribution is 8.01. The Bertz CT molecular complexity index is 1010. The number of para-hydroxylation sites is 1. The fraction of sp³-hybridized carbons (Fsp3) is 0.238. The van der Waals surface area contributed by atoms with Crippen molar-refractivity contribution in [2.24, 2.45) is 0 Å². The van der Waals surface area contributed by atoms with Crippen LogP contribution >= 0.6 is 11.8 Å². The Labute approximate surface area is 162 Å². The van der Waals surface area contributed by atoms with E-state index in [1.165, 1.54) is 0 Å². The van der Waals surface area contributed by atoms with Crippen molar-refractivity contribution in [3.8, 4) is 11.4 Å². The summed E-state index contributed by atoms with van der Waals surface area (Å²) in [4.78, 5) is 12.7. The van der Waals surface area contributed by atoms with Gasteiger partial charge in [0.2, 0.25) is 5.91 Å². The fourth-order valence-corrected chi connectivity index (χ4v) is 4.72. The number of benzene rings is 2. The maximum atomic E-state index is 12.7. The van der Waals surface area contributed by atoms with E-state index >= 15 is 0 Å². The lowest BCUT2D eigenvalue weighted by Gasteiger charge is -2.17. The SMILES string of the molecule is Cc1ccccc1-n1nc(C)c2c1NC(=O)C(C)SC2c1ccc(O)cc1. The summed E-state index contributed by atoms with van der Waals surface area (Å²) >= 11 is 1.60. The number of carbonyl (C=O) groups is 1. The van der Waals surface area contributed by atoms with E-state index in [0.717, 1.165) is 33.9 Å². The number of thioether (sulfide) groups is 1. The number of carbonyl (C=O) groups excluding carboxylic acids is 1. The summed E-state index contributed by atoms with van der Waals surface area (Å²) in [5.74, 6) is 0.922. The van der Waals surface area contributed by atoms with Crippen molar-refractivity contribution in [1.29, 1.82) is 0 Å². The molecular formula is C21H21N3O2S. The number of aryl methyl sites for hydroxylation is 2. The molecule has 1 amide bonds. The highest BCUT2D eigenvalue weighted by Gasteiger charge is 2.34. The molecule has 0 saturated heterocycles. The van der Waals surface area contributed by atoms with Gasteiger partial charge in [0.25, 0.3) is 0 Å². The second kappa shape index (κ2) is 6.78. The summed E-state index contributed by atoms with van der Waals surface area (Å²) < 4.78 is 1.84. The number of hydrogen-bond donors (Lipinski definition) is 2. The average Bonchev–Trinajstić information content (AvgIpc) is 2.89. The summed E-state index contributed by atoms with van der Waals surface area (Å²) in [7, 11) is 0. The Morgan fingerprint density at radius 3 is 2.52 bits per heavy atom. The third kappa shape index (κ3) is 3.10. The van der Waals surface area contributed by atoms with Crippen molar-refractivity contribution in [1.82, 2.24) is 9.78 Å². The van der Waals surface area contributed by atoms with Crippen LogP contribution in [-0.4, -0.2) is 26.0 Å². The minimum absolute atomic E-state index is 0.0303. The Morgan fingerprint density at radius 2 is 1.81 bits per heavy atom. The van der Waals surface area contributed by atoms with Crippen LogP contribution in [0.1, 0.15) is 34.6 Å². The van der Waals surface area contributed by atoms with Gasteiger partial charge in [0.15, 0.2) is 0 Å². The van der Waals surface area contributed by atoms with E-state index in [9.17, 15) is 9.90 Å². The van der Waals surface area contributed by atoms with Gasteiger partial charge in [0.05, 0.1) is 21.9 Å². The van der Waals surface area contributed by atoms with Crippen LogP contribution < -0.4 is 5.32 Å². The molecule has 2 aromatic carbocycles. The highest BCUT2D eigenvalue weighted by atomic mass is 32.2. The topological polar surface area (TPSA) is 67.2 Å². The number of aromatic hydroxyl groups is 1. The first-order chi connectivity index (χ1) is 13.0. The molecular weight excluding hydrogens is 358 g/mol. The molecule has 1 aliphatic rings. The van der Waals surface area contributed by atoms with Gasteiger partial charge in [-0.15, -0.1) is 11.8 Å². The summed E-state index contributed by atoms with van der Waals surface area (Å²) in [6.07, 6.45) is 0. The minimum Gasteiger partial charge on any atom is -0.508 e. The molecule has 1 aromatic heterocycles. The van der Waals surface area contributed by atoms with Gasteiger partial charge in [-0.3, -0.25) is 4.79 Å². The second-order valence-electron chi connectivity index (χ2n) is 6.79. The van der Waals surface area contributed by atoms with E-state index in [-0.39, 0.29) is 22.2 Å². The molecule has 5 nitrogen and oxygen atoms in total. The number of anilines is 1. The Hall–Kier alpha value is -2.73. The number of nitrogens with one attached hydrogen (secondary N) is 1. The molecule has 0 radical (unpaired) electrons. The van der Waals surface area contributed by atoms with Crippen molar-refractivity contribution < 1.29 is 9.90 Å². The molecule has 0 saturated carbocycles. The lowest BCUT2D eigenvalue weighted by atomic mass is 10.0. The summed E-state index contributed by atoms with van der Waals surface area (Å²) in [6, 6.07) is 15.2. The monoisotopic (exact) mass is 379 g/mol. The first-order valence-corrected chi connectivity index (χ1v) is 9.80. The number of fused-ring (bicyclic) bond motifs is 1. The van der Waals surface area contributed by atoms with Crippen LogP contribution in [0.3, 0.4) is 0 Å². The molecule has 3 aromatic rings. The van der Waals surface area contributed by atoms with Crippen molar-refractivity contribution in [2.45, 2.75) is 31.3 Å². The maximum Gasteiger partial charge on any atom is 0.238 e. The zero-order chi connectivity index (χ0) is 19.1. The van der Waals surface area contributed by atoms with Gasteiger partial charge < -0.3 is 10.4 Å². The van der Waals surface area contributed by atoms with Crippen LogP contribution in [0.4, 0.5) is 5.82 Å². The van der Waals surface area contributed by atoms with Crippen molar-refractivity contribution in [3.63, 3.8) is 0 Å². The first kappa shape index (κ1) is 17.7. The smallest absolute Gasteiger partial charge is 0.238 e. The van der Waals surface area contributed by atoms with Gasteiger partial charge in [-0.1, -0.05) is 30.3 Å². The highest BCUT2D eigenvalue weighted by Crippen LogP contribution is 2.46. The number of nitrogens with zero attached hydrogens (tertiary/aromatic N) is 2. The predicted molar refractivity (Wildman–Crippen MR) is 109 cm³/mol. The molecule has 1 aliphatic heterocycles. The number of phenols is 1. The van der Waals surface area contributed by atoms with Gasteiger partial charge in [0, 0.05) is 5.56 Å². The molecule has 0 fully saturated rings. The minimum atomic E-state index is -0.207. The lowest BCUT2D eigenvalue weighted by molar-refractivity contribution is -0.115. The molecule has 0 bridgehead atoms. The fourth-order valence-electron chi connectivity index (χ4n) is 3.40. The summed E-state index contributed by atoms with van der Waals surface area (Å²) in [6.45, 7) is 5.93. The third-order valence-corrected chi connectivity index (χ3v) is 6.26. The lowest BCUT2D eigenvalue weighted by Crippen LogP contribution is -2.22. The number of rotatable bonds is 2. The Morgan fingerprint density at radius 1 is 1.11 bits per heavy atom. The average molecular weight is 379 g/mol. The normalized spacial score (nSPS) is 19.3. The van der Waals surface area contributed by atoms with Crippen LogP contribution in [0.15, 0.2) is 48.5 Å². The second-order valence-corrected chi connectivity index (χ2v) is 8.24. The number of aromatic nitrogens is 2. The maximum absolute atomic E-state index is 12.7. The zero-order valence-corrected chi connectivity index (χ0v) is 16.2. The van der Waals surface area contributed by atoms with Crippen LogP contribution in [-0.2, 0) is 4.79 Å². The van der Waals surface area contributed by atoms with E-state index in [1.54, 1.807) is 23.9 Å². The molecule has 27 heavy (non-hydrogen) atoms.